The monoisotopic (exact) mass is 358 g/mol. The van der Waals surface area contributed by atoms with E-state index < -0.39 is 0 Å². The lowest BCUT2D eigenvalue weighted by molar-refractivity contribution is -0.138. The maximum absolute atomic E-state index is 12.7. The topological polar surface area (TPSA) is 56.7 Å². The fourth-order valence-electron chi connectivity index (χ4n) is 3.77. The number of guanidine groups is 1. The predicted molar refractivity (Wildman–Crippen MR) is 108 cm³/mol. The third-order valence-electron chi connectivity index (χ3n) is 5.26. The van der Waals surface area contributed by atoms with E-state index in [0.717, 1.165) is 38.2 Å². The van der Waals surface area contributed by atoms with E-state index in [1.807, 2.05) is 14.1 Å². The molecule has 0 unspecified atom stereocenters. The second kappa shape index (κ2) is 9.06. The molecule has 0 aromatic heterocycles. The van der Waals surface area contributed by atoms with E-state index in [4.69, 9.17) is 4.99 Å². The average molecular weight is 359 g/mol. The summed E-state index contributed by atoms with van der Waals surface area (Å²) in [6.45, 7) is 8.37. The molecule has 2 rings (SSSR count). The first-order valence-corrected chi connectivity index (χ1v) is 9.68. The van der Waals surface area contributed by atoms with Crippen LogP contribution in [0.2, 0.25) is 0 Å². The molecule has 0 heterocycles. The Hall–Kier alpha value is -2.04. The van der Waals surface area contributed by atoms with E-state index in [2.05, 4.69) is 49.6 Å². The van der Waals surface area contributed by atoms with Gasteiger partial charge < -0.3 is 15.5 Å². The number of carbonyl (C=O) groups is 1. The summed E-state index contributed by atoms with van der Waals surface area (Å²) in [6, 6.07) is 6.46. The molecular formula is C21H34N4O. The Balaban J connectivity index is 2.08. The molecule has 144 valence electrons. The number of nitrogens with one attached hydrogen (secondary N) is 2. The highest BCUT2D eigenvalue weighted by Gasteiger charge is 2.42. The summed E-state index contributed by atoms with van der Waals surface area (Å²) in [6.07, 6.45) is 4.15. The van der Waals surface area contributed by atoms with Gasteiger partial charge in [-0.05, 0) is 44.7 Å². The Morgan fingerprint density at radius 2 is 1.88 bits per heavy atom. The van der Waals surface area contributed by atoms with Crippen LogP contribution in [-0.4, -0.2) is 44.0 Å². The molecule has 0 spiro atoms. The number of carbonyl (C=O) groups excluding carboxylic acids is 1. The van der Waals surface area contributed by atoms with Crippen molar-refractivity contribution in [3.05, 3.63) is 34.9 Å². The fourth-order valence-corrected chi connectivity index (χ4v) is 3.77. The zero-order chi connectivity index (χ0) is 19.2. The number of nitrogens with zero attached hydrogens (tertiary/aromatic N) is 2. The van der Waals surface area contributed by atoms with E-state index in [9.17, 15) is 4.79 Å². The maximum Gasteiger partial charge on any atom is 0.230 e. The van der Waals surface area contributed by atoms with E-state index in [1.165, 1.54) is 16.7 Å². The summed E-state index contributed by atoms with van der Waals surface area (Å²) in [4.78, 5) is 19.2. The normalized spacial score (nSPS) is 16.4. The van der Waals surface area contributed by atoms with Crippen molar-refractivity contribution in [2.24, 2.45) is 10.4 Å². The zero-order valence-corrected chi connectivity index (χ0v) is 17.0. The number of aliphatic imine (C=N–C) groups is 1. The number of benzene rings is 1. The molecule has 0 atom stereocenters. The van der Waals surface area contributed by atoms with Crippen molar-refractivity contribution >= 4 is 11.9 Å². The van der Waals surface area contributed by atoms with Gasteiger partial charge in [0.2, 0.25) is 5.91 Å². The number of hydrogen-bond donors (Lipinski definition) is 2. The first-order valence-electron chi connectivity index (χ1n) is 9.68. The average Bonchev–Trinajstić information content (AvgIpc) is 3.08. The summed E-state index contributed by atoms with van der Waals surface area (Å²) >= 11 is 0. The van der Waals surface area contributed by atoms with Crippen molar-refractivity contribution < 1.29 is 4.79 Å². The summed E-state index contributed by atoms with van der Waals surface area (Å²) in [5.41, 5.74) is 3.47. The second-order valence-corrected chi connectivity index (χ2v) is 7.67. The van der Waals surface area contributed by atoms with Crippen molar-refractivity contribution in [3.63, 3.8) is 0 Å². The largest absolute Gasteiger partial charge is 0.357 e. The lowest BCUT2D eigenvalue weighted by Gasteiger charge is -2.31. The van der Waals surface area contributed by atoms with E-state index in [-0.39, 0.29) is 11.3 Å². The van der Waals surface area contributed by atoms with Crippen LogP contribution < -0.4 is 10.6 Å². The van der Waals surface area contributed by atoms with Crippen LogP contribution in [0.25, 0.3) is 0 Å². The highest BCUT2D eigenvalue weighted by molar-refractivity contribution is 5.85. The van der Waals surface area contributed by atoms with Gasteiger partial charge in [0.15, 0.2) is 5.96 Å². The number of aryl methyl sites for hydroxylation is 2. The highest BCUT2D eigenvalue weighted by Crippen LogP contribution is 2.38. The Morgan fingerprint density at radius 1 is 1.19 bits per heavy atom. The minimum Gasteiger partial charge on any atom is -0.357 e. The summed E-state index contributed by atoms with van der Waals surface area (Å²) < 4.78 is 0. The van der Waals surface area contributed by atoms with E-state index in [0.29, 0.717) is 13.1 Å². The third kappa shape index (κ3) is 4.99. The Morgan fingerprint density at radius 3 is 2.46 bits per heavy atom. The lowest BCUT2D eigenvalue weighted by atomic mass is 9.84. The molecule has 1 fully saturated rings. The molecule has 0 radical (unpaired) electrons. The van der Waals surface area contributed by atoms with Gasteiger partial charge in [0.25, 0.3) is 0 Å². The Kier molecular flexibility index (Phi) is 7.06. The SMILES string of the molecule is CCNC(=NCc1ccc(C)cc1C)NCC1(C(=O)N(C)C)CCCC1. The molecule has 1 amide bonds. The van der Waals surface area contributed by atoms with Gasteiger partial charge in [-0.2, -0.15) is 0 Å². The first kappa shape index (κ1) is 20.3. The third-order valence-corrected chi connectivity index (χ3v) is 5.26. The van der Waals surface area contributed by atoms with Crippen LogP contribution in [0, 0.1) is 19.3 Å². The molecule has 5 nitrogen and oxygen atoms in total. The summed E-state index contributed by atoms with van der Waals surface area (Å²) in [5, 5.41) is 6.74. The maximum atomic E-state index is 12.7. The molecule has 0 saturated heterocycles. The molecule has 5 heteroatoms. The Labute approximate surface area is 158 Å². The quantitative estimate of drug-likeness (QED) is 0.607. The van der Waals surface area contributed by atoms with Crippen molar-refractivity contribution in [2.75, 3.05) is 27.2 Å². The summed E-state index contributed by atoms with van der Waals surface area (Å²) in [7, 11) is 3.70. The zero-order valence-electron chi connectivity index (χ0n) is 17.0. The fraction of sp³-hybridized carbons (Fsp3) is 0.619. The molecule has 1 aliphatic carbocycles. The molecule has 2 N–H and O–H groups in total. The van der Waals surface area contributed by atoms with Gasteiger partial charge in [-0.25, -0.2) is 4.99 Å². The smallest absolute Gasteiger partial charge is 0.230 e. The van der Waals surface area contributed by atoms with Crippen LogP contribution in [-0.2, 0) is 11.3 Å². The number of hydrogen-bond acceptors (Lipinski definition) is 2. The molecule has 1 saturated carbocycles. The minimum absolute atomic E-state index is 0.229. The van der Waals surface area contributed by atoms with Crippen LogP contribution in [0.5, 0.6) is 0 Å². The summed E-state index contributed by atoms with van der Waals surface area (Å²) in [5.74, 6) is 1.01. The van der Waals surface area contributed by atoms with Gasteiger partial charge in [-0.1, -0.05) is 36.6 Å². The molecule has 1 aromatic carbocycles. The van der Waals surface area contributed by atoms with Crippen molar-refractivity contribution in [2.45, 2.75) is 53.0 Å². The van der Waals surface area contributed by atoms with Crippen molar-refractivity contribution in [3.8, 4) is 0 Å². The van der Waals surface area contributed by atoms with Crippen molar-refractivity contribution in [1.29, 1.82) is 0 Å². The van der Waals surface area contributed by atoms with Gasteiger partial charge >= 0.3 is 0 Å². The standard InChI is InChI=1S/C21H34N4O/c1-6-22-20(23-14-18-10-9-16(2)13-17(18)3)24-15-21(11-7-8-12-21)19(26)25(4)5/h9-10,13H,6-8,11-12,14-15H2,1-5H3,(H2,22,23,24). The van der Waals surface area contributed by atoms with Gasteiger partial charge in [0, 0.05) is 27.2 Å². The Bertz CT molecular complexity index is 645. The van der Waals surface area contributed by atoms with Gasteiger partial charge in [0.1, 0.15) is 0 Å². The van der Waals surface area contributed by atoms with Crippen LogP contribution >= 0.6 is 0 Å². The second-order valence-electron chi connectivity index (χ2n) is 7.67. The molecule has 0 bridgehead atoms. The minimum atomic E-state index is -0.292. The molecule has 1 aromatic rings. The first-order chi connectivity index (χ1) is 12.4. The molecular weight excluding hydrogens is 324 g/mol. The van der Waals surface area contributed by atoms with Gasteiger partial charge in [0.05, 0.1) is 12.0 Å². The number of amides is 1. The van der Waals surface area contributed by atoms with Crippen molar-refractivity contribution in [1.82, 2.24) is 15.5 Å². The van der Waals surface area contributed by atoms with Crippen LogP contribution in [0.4, 0.5) is 0 Å². The molecule has 0 aliphatic heterocycles. The van der Waals surface area contributed by atoms with Crippen LogP contribution in [0.1, 0.15) is 49.3 Å². The number of rotatable bonds is 6. The van der Waals surface area contributed by atoms with Gasteiger partial charge in [-0.15, -0.1) is 0 Å². The van der Waals surface area contributed by atoms with Crippen LogP contribution in [0.15, 0.2) is 23.2 Å². The van der Waals surface area contributed by atoms with Crippen LogP contribution in [0.3, 0.4) is 0 Å². The predicted octanol–water partition coefficient (Wildman–Crippen LogP) is 3.01. The lowest BCUT2D eigenvalue weighted by Crippen LogP contribution is -2.49. The molecule has 26 heavy (non-hydrogen) atoms. The van der Waals surface area contributed by atoms with Gasteiger partial charge in [-0.3, -0.25) is 4.79 Å². The molecule has 1 aliphatic rings. The van der Waals surface area contributed by atoms with E-state index in [1.54, 1.807) is 4.90 Å². The highest BCUT2D eigenvalue weighted by atomic mass is 16.2. The van der Waals surface area contributed by atoms with E-state index >= 15 is 0 Å².